The Morgan fingerprint density at radius 1 is 1.11 bits per heavy atom. The van der Waals surface area contributed by atoms with E-state index in [0.717, 1.165) is 13.1 Å². The summed E-state index contributed by atoms with van der Waals surface area (Å²) in [7, 11) is 0. The van der Waals surface area contributed by atoms with E-state index < -0.39 is 5.60 Å². The molecule has 4 nitrogen and oxygen atoms in total. The van der Waals surface area contributed by atoms with Crippen LogP contribution in [0.4, 0.5) is 4.79 Å². The Hall–Kier alpha value is -0.770. The molecule has 0 aliphatic heterocycles. The van der Waals surface area contributed by atoms with E-state index in [1.54, 1.807) is 0 Å². The zero-order valence-electron chi connectivity index (χ0n) is 13.0. The molecule has 0 aromatic carbocycles. The van der Waals surface area contributed by atoms with Crippen molar-refractivity contribution in [2.45, 2.75) is 60.1 Å². The van der Waals surface area contributed by atoms with Gasteiger partial charge in [-0.15, -0.1) is 0 Å². The summed E-state index contributed by atoms with van der Waals surface area (Å²) in [6, 6.07) is 0.0959. The van der Waals surface area contributed by atoms with Crippen molar-refractivity contribution >= 4 is 6.09 Å². The lowest BCUT2D eigenvalue weighted by atomic mass is 10.0. The molecule has 1 atom stereocenters. The number of hydrogen-bond acceptors (Lipinski definition) is 3. The van der Waals surface area contributed by atoms with Crippen LogP contribution in [0.3, 0.4) is 0 Å². The predicted octanol–water partition coefficient (Wildman–Crippen LogP) is 2.78. The predicted molar refractivity (Wildman–Crippen MR) is 75.7 cm³/mol. The van der Waals surface area contributed by atoms with Crippen LogP contribution in [-0.4, -0.2) is 30.8 Å². The third-order valence-corrected chi connectivity index (χ3v) is 2.42. The van der Waals surface area contributed by atoms with Crippen LogP contribution in [0.1, 0.15) is 48.5 Å². The summed E-state index contributed by atoms with van der Waals surface area (Å²) in [5.74, 6) is 0.983. The highest BCUT2D eigenvalue weighted by Crippen LogP contribution is 2.08. The first-order valence-corrected chi connectivity index (χ1v) is 6.82. The summed E-state index contributed by atoms with van der Waals surface area (Å²) in [6.07, 6.45) is -0.340. The molecule has 0 heterocycles. The molecule has 4 heteroatoms. The zero-order valence-corrected chi connectivity index (χ0v) is 13.0. The molecule has 0 saturated heterocycles. The van der Waals surface area contributed by atoms with Crippen molar-refractivity contribution in [1.82, 2.24) is 10.6 Å². The molecular formula is C14H30N2O2. The molecule has 0 spiro atoms. The van der Waals surface area contributed by atoms with Gasteiger partial charge < -0.3 is 15.4 Å². The lowest BCUT2D eigenvalue weighted by molar-refractivity contribution is 0.0490. The Morgan fingerprint density at radius 2 is 1.67 bits per heavy atom. The van der Waals surface area contributed by atoms with Gasteiger partial charge in [-0.1, -0.05) is 27.7 Å². The van der Waals surface area contributed by atoms with Crippen LogP contribution in [-0.2, 0) is 4.74 Å². The molecule has 0 aliphatic rings. The molecule has 1 unspecified atom stereocenters. The molecule has 18 heavy (non-hydrogen) atoms. The maximum Gasteiger partial charge on any atom is 0.407 e. The number of amides is 1. The highest BCUT2D eigenvalue weighted by molar-refractivity contribution is 5.68. The number of carbonyl (C=O) groups is 1. The Morgan fingerprint density at radius 3 is 2.06 bits per heavy atom. The van der Waals surface area contributed by atoms with E-state index in [4.69, 9.17) is 4.74 Å². The fourth-order valence-electron chi connectivity index (χ4n) is 1.44. The fraction of sp³-hybridized carbons (Fsp3) is 0.929. The summed E-state index contributed by atoms with van der Waals surface area (Å²) < 4.78 is 5.27. The second-order valence-corrected chi connectivity index (χ2v) is 6.55. The number of hydrogen-bond donors (Lipinski definition) is 2. The third kappa shape index (κ3) is 9.28. The molecule has 1 amide bonds. The van der Waals surface area contributed by atoms with Gasteiger partial charge in [0.2, 0.25) is 0 Å². The smallest absolute Gasteiger partial charge is 0.407 e. The molecule has 0 aliphatic carbocycles. The Balaban J connectivity index is 4.15. The van der Waals surface area contributed by atoms with Crippen LogP contribution in [0.5, 0.6) is 0 Å². The van der Waals surface area contributed by atoms with E-state index in [1.165, 1.54) is 0 Å². The third-order valence-electron chi connectivity index (χ3n) is 2.42. The first-order valence-electron chi connectivity index (χ1n) is 6.82. The molecular weight excluding hydrogens is 228 g/mol. The van der Waals surface area contributed by atoms with E-state index in [0.29, 0.717) is 11.8 Å². The maximum absolute atomic E-state index is 11.7. The molecule has 0 fully saturated rings. The summed E-state index contributed by atoms with van der Waals surface area (Å²) >= 11 is 0. The van der Waals surface area contributed by atoms with Crippen LogP contribution < -0.4 is 10.6 Å². The van der Waals surface area contributed by atoms with E-state index >= 15 is 0 Å². The lowest BCUT2D eigenvalue weighted by Gasteiger charge is -2.26. The normalized spacial score (nSPS) is 13.8. The summed E-state index contributed by atoms with van der Waals surface area (Å²) in [4.78, 5) is 11.7. The van der Waals surface area contributed by atoms with Crippen molar-refractivity contribution in [1.29, 1.82) is 0 Å². The minimum absolute atomic E-state index is 0.0959. The second-order valence-electron chi connectivity index (χ2n) is 6.55. The first kappa shape index (κ1) is 17.2. The molecule has 0 bridgehead atoms. The van der Waals surface area contributed by atoms with Gasteiger partial charge in [-0.3, -0.25) is 0 Å². The highest BCUT2D eigenvalue weighted by Gasteiger charge is 2.21. The highest BCUT2D eigenvalue weighted by atomic mass is 16.6. The minimum atomic E-state index is -0.447. The fourth-order valence-corrected chi connectivity index (χ4v) is 1.44. The quantitative estimate of drug-likeness (QED) is 0.770. The van der Waals surface area contributed by atoms with Crippen molar-refractivity contribution in [3.8, 4) is 0 Å². The average Bonchev–Trinajstić information content (AvgIpc) is 2.12. The zero-order chi connectivity index (χ0) is 14.3. The van der Waals surface area contributed by atoms with Crippen LogP contribution >= 0.6 is 0 Å². The van der Waals surface area contributed by atoms with Crippen LogP contribution in [0.15, 0.2) is 0 Å². The molecule has 0 rings (SSSR count). The van der Waals surface area contributed by atoms with Gasteiger partial charge in [-0.25, -0.2) is 4.79 Å². The molecule has 0 aromatic heterocycles. The largest absolute Gasteiger partial charge is 0.444 e. The van der Waals surface area contributed by atoms with Gasteiger partial charge in [0.05, 0.1) is 0 Å². The Bertz CT molecular complexity index is 245. The second kappa shape index (κ2) is 7.62. The van der Waals surface area contributed by atoms with Crippen molar-refractivity contribution in [2.24, 2.45) is 11.8 Å². The van der Waals surface area contributed by atoms with E-state index in [2.05, 4.69) is 38.3 Å². The minimum Gasteiger partial charge on any atom is -0.444 e. The van der Waals surface area contributed by atoms with Crippen molar-refractivity contribution in [3.63, 3.8) is 0 Å². The molecule has 0 radical (unpaired) electrons. The number of nitrogens with one attached hydrogen (secondary N) is 2. The lowest BCUT2D eigenvalue weighted by Crippen LogP contribution is -2.47. The summed E-state index contributed by atoms with van der Waals surface area (Å²) in [6.45, 7) is 15.9. The molecule has 2 N–H and O–H groups in total. The standard InChI is InChI=1S/C14H30N2O2/c1-10(2)8-15-9-12(11(3)4)16-13(17)18-14(5,6)7/h10-12,15H,8-9H2,1-7H3,(H,16,17). The number of alkyl carbamates (subject to hydrolysis) is 1. The number of carbonyl (C=O) groups excluding carboxylic acids is 1. The van der Waals surface area contributed by atoms with Crippen LogP contribution in [0, 0.1) is 11.8 Å². The molecule has 0 aromatic rings. The van der Waals surface area contributed by atoms with Gasteiger partial charge >= 0.3 is 6.09 Å². The van der Waals surface area contributed by atoms with Crippen molar-refractivity contribution < 1.29 is 9.53 Å². The van der Waals surface area contributed by atoms with Gasteiger partial charge in [0, 0.05) is 12.6 Å². The first-order chi connectivity index (χ1) is 8.11. The number of ether oxygens (including phenoxy) is 1. The van der Waals surface area contributed by atoms with Crippen molar-refractivity contribution in [2.75, 3.05) is 13.1 Å². The van der Waals surface area contributed by atoms with Gasteiger partial charge in [-0.05, 0) is 39.2 Å². The molecule has 108 valence electrons. The van der Waals surface area contributed by atoms with Gasteiger partial charge in [0.1, 0.15) is 5.60 Å². The van der Waals surface area contributed by atoms with Crippen LogP contribution in [0.25, 0.3) is 0 Å². The Kier molecular flexibility index (Phi) is 7.29. The maximum atomic E-state index is 11.7. The molecule has 0 saturated carbocycles. The van der Waals surface area contributed by atoms with Crippen molar-refractivity contribution in [3.05, 3.63) is 0 Å². The van der Waals surface area contributed by atoms with E-state index in [9.17, 15) is 4.79 Å². The Labute approximate surface area is 112 Å². The average molecular weight is 258 g/mol. The summed E-state index contributed by atoms with van der Waals surface area (Å²) in [5, 5.41) is 6.29. The SMILES string of the molecule is CC(C)CNCC(NC(=O)OC(C)(C)C)C(C)C. The monoisotopic (exact) mass is 258 g/mol. The van der Waals surface area contributed by atoms with Gasteiger partial charge in [0.25, 0.3) is 0 Å². The number of rotatable bonds is 6. The van der Waals surface area contributed by atoms with Gasteiger partial charge in [0.15, 0.2) is 0 Å². The summed E-state index contributed by atoms with van der Waals surface area (Å²) in [5.41, 5.74) is -0.447. The van der Waals surface area contributed by atoms with Crippen LogP contribution in [0.2, 0.25) is 0 Å². The van der Waals surface area contributed by atoms with E-state index in [1.807, 2.05) is 20.8 Å². The van der Waals surface area contributed by atoms with E-state index in [-0.39, 0.29) is 12.1 Å². The topological polar surface area (TPSA) is 50.4 Å². The van der Waals surface area contributed by atoms with Gasteiger partial charge in [-0.2, -0.15) is 0 Å².